The number of aliphatic hydroxyl groups excluding tert-OH is 1. The van der Waals surface area contributed by atoms with E-state index in [0.29, 0.717) is 0 Å². The Kier molecular flexibility index (Phi) is 4.78. The molecule has 110 valence electrons. The highest BCUT2D eigenvalue weighted by atomic mass is 19.2. The van der Waals surface area contributed by atoms with Crippen molar-refractivity contribution in [2.24, 2.45) is 11.1 Å². The van der Waals surface area contributed by atoms with Crippen LogP contribution in [0.15, 0.2) is 12.1 Å². The second-order valence-corrected chi connectivity index (χ2v) is 4.99. The van der Waals surface area contributed by atoms with Crippen LogP contribution >= 0.6 is 0 Å². The smallest absolute Gasteiger partial charge is 0.251 e. The highest BCUT2D eigenvalue weighted by molar-refractivity contribution is 5.93. The summed E-state index contributed by atoms with van der Waals surface area (Å²) in [4.78, 5) is 22.5. The van der Waals surface area contributed by atoms with Crippen LogP contribution in [0.4, 0.5) is 8.78 Å². The van der Waals surface area contributed by atoms with Gasteiger partial charge in [-0.15, -0.1) is 0 Å². The first-order valence-electron chi connectivity index (χ1n) is 5.86. The van der Waals surface area contributed by atoms with Crippen LogP contribution in [0.3, 0.4) is 0 Å². The number of nitrogens with two attached hydrogens (primary N) is 1. The molecule has 5 nitrogen and oxygen atoms in total. The first-order valence-corrected chi connectivity index (χ1v) is 5.86. The molecule has 0 radical (unpaired) electrons. The van der Waals surface area contributed by atoms with E-state index in [-0.39, 0.29) is 18.7 Å². The molecule has 0 saturated heterocycles. The summed E-state index contributed by atoms with van der Waals surface area (Å²) in [7, 11) is 0. The number of nitrogens with one attached hydrogen (secondary N) is 1. The van der Waals surface area contributed by atoms with E-state index < -0.39 is 34.4 Å². The lowest BCUT2D eigenvalue weighted by atomic mass is 9.93. The normalized spacial score (nSPS) is 11.2. The van der Waals surface area contributed by atoms with Gasteiger partial charge in [0.1, 0.15) is 0 Å². The molecule has 0 unspecified atom stereocenters. The molecule has 1 aromatic rings. The van der Waals surface area contributed by atoms with Crippen molar-refractivity contribution in [1.29, 1.82) is 0 Å². The molecule has 4 N–H and O–H groups in total. The molecule has 0 atom stereocenters. The summed E-state index contributed by atoms with van der Waals surface area (Å²) in [5.74, 6) is -4.15. The number of halogens is 2. The quantitative estimate of drug-likeness (QED) is 0.744. The third kappa shape index (κ3) is 3.30. The molecule has 0 bridgehead atoms. The van der Waals surface area contributed by atoms with Crippen LogP contribution in [-0.2, 0) is 11.3 Å². The van der Waals surface area contributed by atoms with E-state index in [9.17, 15) is 18.4 Å². The summed E-state index contributed by atoms with van der Waals surface area (Å²) in [5, 5.41) is 11.4. The number of aliphatic hydroxyl groups is 1. The summed E-state index contributed by atoms with van der Waals surface area (Å²) < 4.78 is 27.2. The molecule has 1 rings (SSSR count). The van der Waals surface area contributed by atoms with Gasteiger partial charge >= 0.3 is 0 Å². The second kappa shape index (κ2) is 5.96. The first kappa shape index (κ1) is 16.0. The third-order valence-corrected chi connectivity index (χ3v) is 2.88. The molecule has 0 aliphatic rings. The summed E-state index contributed by atoms with van der Waals surface area (Å²) in [6.07, 6.45) is 0. The topological polar surface area (TPSA) is 92.4 Å². The second-order valence-electron chi connectivity index (χ2n) is 4.99. The standard InChI is InChI=1S/C13H16F2N2O3/c1-13(2,6-18)12(20)17-5-7-3-4-8(11(16)19)10(15)9(7)14/h3-4,18H,5-6H2,1-2H3,(H2,16,19)(H,17,20). The van der Waals surface area contributed by atoms with Crippen LogP contribution in [0.2, 0.25) is 0 Å². The highest BCUT2D eigenvalue weighted by Crippen LogP contribution is 2.17. The van der Waals surface area contributed by atoms with Crippen molar-refractivity contribution in [3.8, 4) is 0 Å². The molecule has 7 heteroatoms. The molecular weight excluding hydrogens is 270 g/mol. The zero-order valence-electron chi connectivity index (χ0n) is 11.2. The third-order valence-electron chi connectivity index (χ3n) is 2.88. The first-order chi connectivity index (χ1) is 9.20. The zero-order valence-corrected chi connectivity index (χ0v) is 11.2. The minimum Gasteiger partial charge on any atom is -0.395 e. The lowest BCUT2D eigenvalue weighted by Gasteiger charge is -2.20. The van der Waals surface area contributed by atoms with Crippen LogP contribution in [0, 0.1) is 17.0 Å². The van der Waals surface area contributed by atoms with E-state index in [0.717, 1.165) is 6.07 Å². The molecule has 0 aliphatic heterocycles. The van der Waals surface area contributed by atoms with Crippen LogP contribution in [0.5, 0.6) is 0 Å². The van der Waals surface area contributed by atoms with Gasteiger partial charge in [0, 0.05) is 12.1 Å². The van der Waals surface area contributed by atoms with Crippen LogP contribution < -0.4 is 11.1 Å². The van der Waals surface area contributed by atoms with E-state index in [1.54, 1.807) is 0 Å². The van der Waals surface area contributed by atoms with E-state index in [1.165, 1.54) is 19.9 Å². The Morgan fingerprint density at radius 1 is 1.30 bits per heavy atom. The molecule has 0 spiro atoms. The molecular formula is C13H16F2N2O3. The van der Waals surface area contributed by atoms with Crippen LogP contribution in [0.1, 0.15) is 29.8 Å². The predicted octanol–water partition coefficient (Wildman–Crippen LogP) is 0.698. The van der Waals surface area contributed by atoms with Gasteiger partial charge in [-0.05, 0) is 19.9 Å². The van der Waals surface area contributed by atoms with Crippen molar-refractivity contribution in [2.75, 3.05) is 6.61 Å². The summed E-state index contributed by atoms with van der Waals surface area (Å²) in [6.45, 7) is 2.38. The predicted molar refractivity (Wildman–Crippen MR) is 67.6 cm³/mol. The van der Waals surface area contributed by atoms with Gasteiger partial charge in [0.2, 0.25) is 5.91 Å². The maximum Gasteiger partial charge on any atom is 0.251 e. The van der Waals surface area contributed by atoms with Crippen LogP contribution in [-0.4, -0.2) is 23.5 Å². The summed E-state index contributed by atoms with van der Waals surface area (Å²) >= 11 is 0. The Morgan fingerprint density at radius 3 is 2.40 bits per heavy atom. The Balaban J connectivity index is 2.88. The van der Waals surface area contributed by atoms with Gasteiger partial charge in [-0.25, -0.2) is 8.78 Å². The van der Waals surface area contributed by atoms with Crippen molar-refractivity contribution in [3.05, 3.63) is 34.9 Å². The lowest BCUT2D eigenvalue weighted by Crippen LogP contribution is -2.39. The molecule has 0 fully saturated rings. The molecule has 20 heavy (non-hydrogen) atoms. The number of hydrogen-bond donors (Lipinski definition) is 3. The van der Waals surface area contributed by atoms with Gasteiger partial charge in [0.05, 0.1) is 17.6 Å². The van der Waals surface area contributed by atoms with Gasteiger partial charge in [0.15, 0.2) is 11.6 Å². The van der Waals surface area contributed by atoms with Crippen molar-refractivity contribution in [3.63, 3.8) is 0 Å². The van der Waals surface area contributed by atoms with Crippen molar-refractivity contribution >= 4 is 11.8 Å². The number of benzene rings is 1. The molecule has 0 heterocycles. The number of hydrogen-bond acceptors (Lipinski definition) is 3. The monoisotopic (exact) mass is 286 g/mol. The largest absolute Gasteiger partial charge is 0.395 e. The minimum atomic E-state index is -1.34. The molecule has 2 amide bonds. The lowest BCUT2D eigenvalue weighted by molar-refractivity contribution is -0.131. The maximum atomic E-state index is 13.7. The Labute approximate surface area is 114 Å². The van der Waals surface area contributed by atoms with Gasteiger partial charge in [-0.3, -0.25) is 9.59 Å². The zero-order chi connectivity index (χ0) is 15.5. The minimum absolute atomic E-state index is 0.116. The maximum absolute atomic E-state index is 13.7. The average molecular weight is 286 g/mol. The fourth-order valence-electron chi connectivity index (χ4n) is 1.40. The van der Waals surface area contributed by atoms with Gasteiger partial charge in [-0.1, -0.05) is 6.07 Å². The SMILES string of the molecule is CC(C)(CO)C(=O)NCc1ccc(C(N)=O)c(F)c1F. The molecule has 0 aromatic heterocycles. The summed E-state index contributed by atoms with van der Waals surface area (Å²) in [5.41, 5.74) is 3.20. The van der Waals surface area contributed by atoms with Gasteiger partial charge in [-0.2, -0.15) is 0 Å². The van der Waals surface area contributed by atoms with Gasteiger partial charge in [0.25, 0.3) is 5.91 Å². The fraction of sp³-hybridized carbons (Fsp3) is 0.385. The van der Waals surface area contributed by atoms with Crippen LogP contribution in [0.25, 0.3) is 0 Å². The Hall–Kier alpha value is -2.02. The van der Waals surface area contributed by atoms with E-state index in [2.05, 4.69) is 5.32 Å². The van der Waals surface area contributed by atoms with Crippen molar-refractivity contribution < 1.29 is 23.5 Å². The fourth-order valence-corrected chi connectivity index (χ4v) is 1.40. The Bertz CT molecular complexity index is 545. The van der Waals surface area contributed by atoms with E-state index in [4.69, 9.17) is 10.8 Å². The molecule has 1 aromatic carbocycles. The molecule has 0 saturated carbocycles. The summed E-state index contributed by atoms with van der Waals surface area (Å²) in [6, 6.07) is 2.23. The number of rotatable bonds is 5. The van der Waals surface area contributed by atoms with E-state index >= 15 is 0 Å². The number of amides is 2. The number of carbonyl (C=O) groups is 2. The Morgan fingerprint density at radius 2 is 1.90 bits per heavy atom. The molecule has 0 aliphatic carbocycles. The van der Waals surface area contributed by atoms with E-state index in [1.807, 2.05) is 0 Å². The van der Waals surface area contributed by atoms with Crippen molar-refractivity contribution in [2.45, 2.75) is 20.4 Å². The van der Waals surface area contributed by atoms with Gasteiger partial charge < -0.3 is 16.2 Å². The highest BCUT2D eigenvalue weighted by Gasteiger charge is 2.26. The number of primary amides is 1. The average Bonchev–Trinajstić information content (AvgIpc) is 2.39. The number of carbonyl (C=O) groups excluding carboxylic acids is 2. The van der Waals surface area contributed by atoms with Crippen molar-refractivity contribution in [1.82, 2.24) is 5.32 Å².